The zero-order chi connectivity index (χ0) is 15.7. The highest BCUT2D eigenvalue weighted by Gasteiger charge is 2.57. The Bertz CT molecular complexity index is 385. The van der Waals surface area contributed by atoms with Crippen LogP contribution in [0.25, 0.3) is 0 Å². The van der Waals surface area contributed by atoms with Gasteiger partial charge < -0.3 is 9.47 Å². The third-order valence-corrected chi connectivity index (χ3v) is 6.48. The molecule has 0 aromatic heterocycles. The number of allylic oxidation sites excluding steroid dienone is 2. The predicted molar refractivity (Wildman–Crippen MR) is 88.1 cm³/mol. The van der Waals surface area contributed by atoms with E-state index in [9.17, 15) is 0 Å². The lowest BCUT2D eigenvalue weighted by molar-refractivity contribution is -0.136. The van der Waals surface area contributed by atoms with Crippen molar-refractivity contribution in [3.05, 3.63) is 11.6 Å². The minimum Gasteiger partial charge on any atom is -0.359 e. The summed E-state index contributed by atoms with van der Waals surface area (Å²) < 4.78 is 11.2. The maximum absolute atomic E-state index is 6.02. The van der Waals surface area contributed by atoms with Gasteiger partial charge in [-0.2, -0.15) is 0 Å². The summed E-state index contributed by atoms with van der Waals surface area (Å²) in [5, 5.41) is 0. The van der Waals surface area contributed by atoms with Gasteiger partial charge in [-0.25, -0.2) is 0 Å². The molecule has 122 valence electrons. The van der Waals surface area contributed by atoms with Gasteiger partial charge >= 0.3 is 0 Å². The third kappa shape index (κ3) is 2.94. The molecule has 0 amide bonds. The monoisotopic (exact) mass is 294 g/mol. The molecule has 4 atom stereocenters. The fourth-order valence-electron chi connectivity index (χ4n) is 5.53. The van der Waals surface area contributed by atoms with Crippen molar-refractivity contribution in [2.75, 3.05) is 13.9 Å². The second-order valence-electron chi connectivity index (χ2n) is 7.97. The molecule has 0 bridgehead atoms. The first kappa shape index (κ1) is 17.0. The number of ether oxygens (including phenoxy) is 2. The second kappa shape index (κ2) is 6.42. The molecule has 0 saturated heterocycles. The van der Waals surface area contributed by atoms with E-state index in [1.165, 1.54) is 25.7 Å². The summed E-state index contributed by atoms with van der Waals surface area (Å²) in [7, 11) is 1.72. The zero-order valence-corrected chi connectivity index (χ0v) is 14.9. The summed E-state index contributed by atoms with van der Waals surface area (Å²) in [5.74, 6) is 1.49. The van der Waals surface area contributed by atoms with Crippen LogP contribution < -0.4 is 0 Å². The molecule has 2 saturated carbocycles. The Morgan fingerprint density at radius 2 is 1.90 bits per heavy atom. The first-order chi connectivity index (χ1) is 9.87. The van der Waals surface area contributed by atoms with Gasteiger partial charge in [0.1, 0.15) is 6.79 Å². The van der Waals surface area contributed by atoms with Crippen LogP contribution in [0.2, 0.25) is 0 Å². The molecule has 0 aromatic rings. The number of hydrogen-bond acceptors (Lipinski definition) is 2. The number of fused-ring (bicyclic) bond motifs is 1. The van der Waals surface area contributed by atoms with Crippen molar-refractivity contribution in [1.82, 2.24) is 0 Å². The molecule has 2 rings (SSSR count). The normalized spacial score (nSPS) is 39.3. The van der Waals surface area contributed by atoms with E-state index in [1.54, 1.807) is 12.7 Å². The van der Waals surface area contributed by atoms with Gasteiger partial charge in [-0.15, -0.1) is 0 Å². The van der Waals surface area contributed by atoms with E-state index in [-0.39, 0.29) is 0 Å². The lowest BCUT2D eigenvalue weighted by atomic mass is 9.52. The maximum atomic E-state index is 6.02. The fourth-order valence-corrected chi connectivity index (χ4v) is 5.53. The van der Waals surface area contributed by atoms with Crippen LogP contribution in [-0.2, 0) is 9.47 Å². The van der Waals surface area contributed by atoms with Crippen LogP contribution in [0.1, 0.15) is 66.7 Å². The van der Waals surface area contributed by atoms with E-state index in [4.69, 9.17) is 9.47 Å². The van der Waals surface area contributed by atoms with Crippen molar-refractivity contribution in [3.8, 4) is 0 Å². The quantitative estimate of drug-likeness (QED) is 0.513. The largest absolute Gasteiger partial charge is 0.359 e. The molecule has 0 spiro atoms. The van der Waals surface area contributed by atoms with Crippen molar-refractivity contribution in [1.29, 1.82) is 0 Å². The topological polar surface area (TPSA) is 18.5 Å². The van der Waals surface area contributed by atoms with Crippen LogP contribution in [0, 0.1) is 22.7 Å². The van der Waals surface area contributed by atoms with Gasteiger partial charge in [0, 0.05) is 7.11 Å². The first-order valence-electron chi connectivity index (χ1n) is 8.65. The van der Waals surface area contributed by atoms with Crippen LogP contribution in [0.15, 0.2) is 11.6 Å². The highest BCUT2D eigenvalue weighted by molar-refractivity contribution is 5.15. The SMILES string of the molecule is CCC=C(C)C1CCC2(C)C(OCOC)CCC2C1(C)C. The molecule has 0 N–H and O–H groups in total. The Hall–Kier alpha value is -0.340. The first-order valence-corrected chi connectivity index (χ1v) is 8.65. The van der Waals surface area contributed by atoms with Crippen LogP contribution in [0.3, 0.4) is 0 Å². The molecule has 0 heterocycles. The maximum Gasteiger partial charge on any atom is 0.146 e. The minimum absolute atomic E-state index is 0.324. The standard InChI is InChI=1S/C19H34O2/c1-7-8-14(2)15-11-12-19(5)16(18(15,3)4)9-10-17(19)21-13-20-6/h8,15-17H,7,9-13H2,1-6H3. The van der Waals surface area contributed by atoms with E-state index in [0.717, 1.165) is 18.3 Å². The molecule has 4 unspecified atom stereocenters. The summed E-state index contributed by atoms with van der Waals surface area (Å²) in [6.07, 6.45) is 9.04. The lowest BCUT2D eigenvalue weighted by Crippen LogP contribution is -2.48. The van der Waals surface area contributed by atoms with Crippen LogP contribution >= 0.6 is 0 Å². The Morgan fingerprint density at radius 3 is 2.52 bits per heavy atom. The number of methoxy groups -OCH3 is 1. The van der Waals surface area contributed by atoms with Crippen LogP contribution in [-0.4, -0.2) is 20.0 Å². The Morgan fingerprint density at radius 1 is 1.19 bits per heavy atom. The molecule has 2 aliphatic rings. The van der Waals surface area contributed by atoms with E-state index in [0.29, 0.717) is 23.7 Å². The Balaban J connectivity index is 2.20. The average molecular weight is 294 g/mol. The van der Waals surface area contributed by atoms with Gasteiger partial charge in [-0.3, -0.25) is 0 Å². The molecule has 0 aliphatic heterocycles. The van der Waals surface area contributed by atoms with E-state index in [2.05, 4.69) is 40.7 Å². The minimum atomic E-state index is 0.324. The molecule has 0 radical (unpaired) electrons. The van der Waals surface area contributed by atoms with Crippen LogP contribution in [0.4, 0.5) is 0 Å². The smallest absolute Gasteiger partial charge is 0.146 e. The Labute approximate surface area is 131 Å². The van der Waals surface area contributed by atoms with Gasteiger partial charge in [0.2, 0.25) is 0 Å². The van der Waals surface area contributed by atoms with E-state index in [1.807, 2.05) is 0 Å². The summed E-state index contributed by atoms with van der Waals surface area (Å²) in [4.78, 5) is 0. The number of hydrogen-bond donors (Lipinski definition) is 0. The molecule has 2 heteroatoms. The molecule has 0 aromatic carbocycles. The second-order valence-corrected chi connectivity index (χ2v) is 7.97. The van der Waals surface area contributed by atoms with Crippen LogP contribution in [0.5, 0.6) is 0 Å². The van der Waals surface area contributed by atoms with E-state index >= 15 is 0 Å². The van der Waals surface area contributed by atoms with Crippen molar-refractivity contribution >= 4 is 0 Å². The number of rotatable bonds is 5. The predicted octanol–water partition coefficient (Wildman–Crippen LogP) is 5.18. The summed E-state index contributed by atoms with van der Waals surface area (Å²) >= 11 is 0. The van der Waals surface area contributed by atoms with Gasteiger partial charge in [0.05, 0.1) is 6.10 Å². The van der Waals surface area contributed by atoms with Crippen molar-refractivity contribution in [2.45, 2.75) is 72.8 Å². The van der Waals surface area contributed by atoms with E-state index < -0.39 is 0 Å². The van der Waals surface area contributed by atoms with Gasteiger partial charge in [-0.1, -0.05) is 39.3 Å². The fraction of sp³-hybridized carbons (Fsp3) is 0.895. The lowest BCUT2D eigenvalue weighted by Gasteiger charge is -2.54. The van der Waals surface area contributed by atoms with Crippen molar-refractivity contribution in [2.24, 2.45) is 22.7 Å². The Kier molecular flexibility index (Phi) is 5.20. The zero-order valence-electron chi connectivity index (χ0n) is 14.9. The third-order valence-electron chi connectivity index (χ3n) is 6.48. The van der Waals surface area contributed by atoms with Gasteiger partial charge in [-0.05, 0) is 61.7 Å². The molecule has 21 heavy (non-hydrogen) atoms. The average Bonchev–Trinajstić information content (AvgIpc) is 2.74. The molecule has 2 nitrogen and oxygen atoms in total. The molecule has 2 fully saturated rings. The summed E-state index contributed by atoms with van der Waals surface area (Å²) in [5.41, 5.74) is 2.30. The molecular weight excluding hydrogens is 260 g/mol. The summed E-state index contributed by atoms with van der Waals surface area (Å²) in [6.45, 7) is 12.5. The molecular formula is C19H34O2. The van der Waals surface area contributed by atoms with Crippen molar-refractivity contribution in [3.63, 3.8) is 0 Å². The van der Waals surface area contributed by atoms with Crippen molar-refractivity contribution < 1.29 is 9.47 Å². The molecule has 2 aliphatic carbocycles. The van der Waals surface area contributed by atoms with Gasteiger partial charge in [0.15, 0.2) is 0 Å². The highest BCUT2D eigenvalue weighted by atomic mass is 16.7. The highest BCUT2D eigenvalue weighted by Crippen LogP contribution is 2.63. The summed E-state index contributed by atoms with van der Waals surface area (Å²) in [6, 6.07) is 0. The van der Waals surface area contributed by atoms with Gasteiger partial charge in [0.25, 0.3) is 0 Å².